The Hall–Kier alpha value is -2.27. The van der Waals surface area contributed by atoms with Gasteiger partial charge in [0.1, 0.15) is 6.33 Å². The highest BCUT2D eigenvalue weighted by atomic mass is 35.5. The molecule has 26 heavy (non-hydrogen) atoms. The minimum atomic E-state index is -0.377. The minimum absolute atomic E-state index is 0.160. The van der Waals surface area contributed by atoms with E-state index in [0.717, 1.165) is 40.7 Å². The van der Waals surface area contributed by atoms with Crippen LogP contribution in [0.5, 0.6) is 0 Å². The molecule has 132 valence electrons. The Morgan fingerprint density at radius 3 is 2.81 bits per heavy atom. The van der Waals surface area contributed by atoms with Crippen LogP contribution in [0, 0.1) is 0 Å². The lowest BCUT2D eigenvalue weighted by atomic mass is 9.94. The molecule has 2 aliphatic carbocycles. The van der Waals surface area contributed by atoms with Gasteiger partial charge in [-0.25, -0.2) is 14.6 Å². The van der Waals surface area contributed by atoms with Crippen LogP contribution in [0.3, 0.4) is 0 Å². The normalized spacial score (nSPS) is 20.7. The van der Waals surface area contributed by atoms with Crippen molar-refractivity contribution in [3.05, 3.63) is 52.6 Å². The Labute approximate surface area is 156 Å². The fourth-order valence-corrected chi connectivity index (χ4v) is 4.64. The zero-order valence-electron chi connectivity index (χ0n) is 14.4. The monoisotopic (exact) mass is 366 g/mol. The quantitative estimate of drug-likeness (QED) is 0.680. The van der Waals surface area contributed by atoms with E-state index >= 15 is 0 Å². The lowest BCUT2D eigenvalue weighted by Gasteiger charge is -2.22. The van der Waals surface area contributed by atoms with Crippen molar-refractivity contribution in [2.24, 2.45) is 0 Å². The van der Waals surface area contributed by atoms with Crippen LogP contribution in [-0.2, 0) is 11.2 Å². The largest absolute Gasteiger partial charge is 0.298 e. The van der Waals surface area contributed by atoms with Crippen LogP contribution in [0.15, 0.2) is 30.7 Å². The van der Waals surface area contributed by atoms with Gasteiger partial charge in [-0.15, -0.1) is 0 Å². The van der Waals surface area contributed by atoms with Crippen molar-refractivity contribution >= 4 is 28.4 Å². The Bertz CT molecular complexity index is 1010. The van der Waals surface area contributed by atoms with Gasteiger partial charge in [-0.05, 0) is 36.1 Å². The molecular formula is C20H19ClN4O. The molecule has 1 saturated carbocycles. The molecule has 1 atom stereocenters. The average Bonchev–Trinajstić information content (AvgIpc) is 3.23. The number of hydrogen-bond donors (Lipinski definition) is 0. The minimum Gasteiger partial charge on any atom is -0.298 e. The molecule has 0 radical (unpaired) electrons. The predicted molar refractivity (Wildman–Crippen MR) is 99.5 cm³/mol. The fourth-order valence-electron chi connectivity index (χ4n) is 4.46. The molecule has 1 unspecified atom stereocenters. The van der Waals surface area contributed by atoms with Crippen molar-refractivity contribution in [2.45, 2.75) is 50.5 Å². The fraction of sp³-hybridized carbons (Fsp3) is 0.400. The van der Waals surface area contributed by atoms with Crippen LogP contribution in [0.2, 0.25) is 5.02 Å². The van der Waals surface area contributed by atoms with E-state index in [2.05, 4.69) is 15.1 Å². The van der Waals surface area contributed by atoms with E-state index in [4.69, 9.17) is 11.6 Å². The van der Waals surface area contributed by atoms with Gasteiger partial charge < -0.3 is 0 Å². The van der Waals surface area contributed by atoms with Gasteiger partial charge in [0.05, 0.1) is 29.2 Å². The van der Waals surface area contributed by atoms with E-state index in [9.17, 15) is 4.79 Å². The van der Waals surface area contributed by atoms with E-state index in [0.29, 0.717) is 17.5 Å². The topological polar surface area (TPSA) is 60.7 Å². The summed E-state index contributed by atoms with van der Waals surface area (Å²) in [6, 6.07) is 6.07. The first-order valence-corrected chi connectivity index (χ1v) is 9.59. The molecule has 2 aromatic heterocycles. The lowest BCUT2D eigenvalue weighted by molar-refractivity contribution is -0.118. The highest BCUT2D eigenvalue weighted by molar-refractivity contribution is 6.30. The van der Waals surface area contributed by atoms with E-state index in [1.165, 1.54) is 19.3 Å². The molecule has 0 aliphatic heterocycles. The van der Waals surface area contributed by atoms with Crippen molar-refractivity contribution < 1.29 is 4.79 Å². The van der Waals surface area contributed by atoms with Gasteiger partial charge in [0.25, 0.3) is 0 Å². The molecule has 2 aliphatic rings. The van der Waals surface area contributed by atoms with Crippen LogP contribution in [0.25, 0.3) is 11.0 Å². The first-order chi connectivity index (χ1) is 12.7. The zero-order valence-corrected chi connectivity index (χ0v) is 15.1. The molecule has 1 aromatic carbocycles. The summed E-state index contributed by atoms with van der Waals surface area (Å²) >= 11 is 6.19. The van der Waals surface area contributed by atoms with E-state index in [1.54, 1.807) is 6.33 Å². The molecule has 2 heterocycles. The van der Waals surface area contributed by atoms with E-state index < -0.39 is 0 Å². The number of carbonyl (C=O) groups excluding carboxylic acids is 1. The van der Waals surface area contributed by atoms with Crippen molar-refractivity contribution in [2.75, 3.05) is 0 Å². The molecule has 1 fully saturated rings. The SMILES string of the molecule is O=C1Cc2ccc(Cl)cc2C1c1ncnc2c1cnn2C1CCCCC1. The highest BCUT2D eigenvalue weighted by Gasteiger charge is 2.35. The second kappa shape index (κ2) is 6.16. The van der Waals surface area contributed by atoms with Crippen molar-refractivity contribution in [3.63, 3.8) is 0 Å². The molecule has 3 aromatic rings. The average molecular weight is 367 g/mol. The smallest absolute Gasteiger partial charge is 0.161 e. The second-order valence-electron chi connectivity index (χ2n) is 7.30. The Kier molecular flexibility index (Phi) is 3.78. The van der Waals surface area contributed by atoms with Crippen LogP contribution in [0.4, 0.5) is 0 Å². The number of carbonyl (C=O) groups is 1. The molecule has 5 nitrogen and oxygen atoms in total. The molecule has 0 saturated heterocycles. The van der Waals surface area contributed by atoms with Crippen LogP contribution in [0.1, 0.15) is 60.9 Å². The molecule has 0 amide bonds. The third kappa shape index (κ3) is 2.45. The van der Waals surface area contributed by atoms with E-state index in [1.807, 2.05) is 29.1 Å². The second-order valence-corrected chi connectivity index (χ2v) is 7.73. The standard InChI is InChI=1S/C20H19ClN4O/c21-13-7-6-12-8-17(26)18(15(12)9-13)19-16-10-24-25(20(16)23-11-22-19)14-4-2-1-3-5-14/h6-7,9-11,14,18H,1-5,8H2. The summed E-state index contributed by atoms with van der Waals surface area (Å²) in [5.41, 5.74) is 3.59. The number of aromatic nitrogens is 4. The molecule has 6 heteroatoms. The number of ketones is 1. The van der Waals surface area contributed by atoms with Gasteiger partial charge in [0.15, 0.2) is 11.4 Å². The first kappa shape index (κ1) is 15.9. The van der Waals surface area contributed by atoms with Crippen molar-refractivity contribution in [1.29, 1.82) is 0 Å². The third-order valence-electron chi connectivity index (χ3n) is 5.72. The van der Waals surface area contributed by atoms with Crippen LogP contribution < -0.4 is 0 Å². The molecule has 0 N–H and O–H groups in total. The third-order valence-corrected chi connectivity index (χ3v) is 5.96. The number of fused-ring (bicyclic) bond motifs is 2. The molecule has 0 bridgehead atoms. The first-order valence-electron chi connectivity index (χ1n) is 9.21. The lowest BCUT2D eigenvalue weighted by Crippen LogP contribution is -2.15. The number of Topliss-reactive ketones (excluding diaryl/α,β-unsaturated/α-hetero) is 1. The number of nitrogens with zero attached hydrogens (tertiary/aromatic N) is 4. The summed E-state index contributed by atoms with van der Waals surface area (Å²) < 4.78 is 2.04. The van der Waals surface area contributed by atoms with Gasteiger partial charge in [0, 0.05) is 11.4 Å². The molecule has 5 rings (SSSR count). The Morgan fingerprint density at radius 1 is 1.12 bits per heavy atom. The number of rotatable bonds is 2. The number of halogens is 1. The maximum Gasteiger partial charge on any atom is 0.161 e. The van der Waals surface area contributed by atoms with Crippen LogP contribution >= 0.6 is 11.6 Å². The Balaban J connectivity index is 1.63. The van der Waals surface area contributed by atoms with Gasteiger partial charge in [-0.2, -0.15) is 5.10 Å². The van der Waals surface area contributed by atoms with Crippen LogP contribution in [-0.4, -0.2) is 25.5 Å². The maximum absolute atomic E-state index is 12.8. The van der Waals surface area contributed by atoms with Crippen molar-refractivity contribution in [3.8, 4) is 0 Å². The summed E-state index contributed by atoms with van der Waals surface area (Å²) in [6.45, 7) is 0. The van der Waals surface area contributed by atoms with Gasteiger partial charge in [-0.1, -0.05) is 36.9 Å². The highest BCUT2D eigenvalue weighted by Crippen LogP contribution is 2.39. The number of hydrogen-bond acceptors (Lipinski definition) is 4. The zero-order chi connectivity index (χ0) is 17.7. The number of benzene rings is 1. The summed E-state index contributed by atoms with van der Waals surface area (Å²) in [6.07, 6.45) is 9.86. The Morgan fingerprint density at radius 2 is 1.96 bits per heavy atom. The van der Waals surface area contributed by atoms with Gasteiger partial charge >= 0.3 is 0 Å². The summed E-state index contributed by atoms with van der Waals surface area (Å²) in [7, 11) is 0. The van der Waals surface area contributed by atoms with Crippen molar-refractivity contribution in [1.82, 2.24) is 19.7 Å². The summed E-state index contributed by atoms with van der Waals surface area (Å²) in [5.74, 6) is -0.217. The predicted octanol–water partition coefficient (Wildman–Crippen LogP) is 4.24. The summed E-state index contributed by atoms with van der Waals surface area (Å²) in [4.78, 5) is 21.8. The molecule has 0 spiro atoms. The molecular weight excluding hydrogens is 348 g/mol. The van der Waals surface area contributed by atoms with Gasteiger partial charge in [-0.3, -0.25) is 4.79 Å². The summed E-state index contributed by atoms with van der Waals surface area (Å²) in [5, 5.41) is 6.15. The maximum atomic E-state index is 12.8. The van der Waals surface area contributed by atoms with Gasteiger partial charge in [0.2, 0.25) is 0 Å². The van der Waals surface area contributed by atoms with E-state index in [-0.39, 0.29) is 11.7 Å².